The number of hydrogen-bond acceptors (Lipinski definition) is 7. The number of hydrogen-bond donors (Lipinski definition) is 1. The average Bonchev–Trinajstić information content (AvgIpc) is 2.76. The van der Waals surface area contributed by atoms with Crippen molar-refractivity contribution in [3.63, 3.8) is 0 Å². The fourth-order valence-corrected chi connectivity index (χ4v) is 4.13. The van der Waals surface area contributed by atoms with E-state index < -0.39 is 21.9 Å². The third-order valence-electron chi connectivity index (χ3n) is 4.33. The van der Waals surface area contributed by atoms with E-state index in [4.69, 9.17) is 21.1 Å². The molecule has 1 N–H and O–H groups in total. The van der Waals surface area contributed by atoms with Crippen molar-refractivity contribution in [2.75, 3.05) is 13.2 Å². The van der Waals surface area contributed by atoms with Crippen LogP contribution >= 0.6 is 12.2 Å². The lowest BCUT2D eigenvalue weighted by molar-refractivity contribution is -0.128. The Hall–Kier alpha value is -3.50. The zero-order valence-electron chi connectivity index (χ0n) is 17.1. The second-order valence-electron chi connectivity index (χ2n) is 6.48. The van der Waals surface area contributed by atoms with Crippen LogP contribution in [0.4, 0.5) is 0 Å². The van der Waals surface area contributed by atoms with Gasteiger partial charge < -0.3 is 8.92 Å². The smallest absolute Gasteiger partial charge is 0.339 e. The van der Waals surface area contributed by atoms with Crippen molar-refractivity contribution < 1.29 is 26.9 Å². The van der Waals surface area contributed by atoms with Crippen LogP contribution in [-0.4, -0.2) is 43.4 Å². The second-order valence-corrected chi connectivity index (χ2v) is 8.41. The number of thiocarbonyl (C=S) groups is 1. The van der Waals surface area contributed by atoms with Crippen LogP contribution < -0.4 is 14.2 Å². The van der Waals surface area contributed by atoms with Crippen molar-refractivity contribution in [1.82, 2.24) is 10.2 Å². The summed E-state index contributed by atoms with van der Waals surface area (Å²) in [5, 5.41) is 2.40. The normalized spacial score (nSPS) is 15.5. The molecule has 10 heteroatoms. The first-order valence-corrected chi connectivity index (χ1v) is 11.3. The molecule has 2 aromatic carbocycles. The van der Waals surface area contributed by atoms with Gasteiger partial charge in [0, 0.05) is 12.1 Å². The molecule has 0 aliphatic carbocycles. The van der Waals surface area contributed by atoms with Gasteiger partial charge in [-0.2, -0.15) is 8.42 Å². The largest absolute Gasteiger partial charge is 0.490 e. The van der Waals surface area contributed by atoms with Gasteiger partial charge in [0.05, 0.1) is 6.61 Å². The summed E-state index contributed by atoms with van der Waals surface area (Å²) in [6.45, 7) is 5.64. The third-order valence-corrected chi connectivity index (χ3v) is 5.89. The van der Waals surface area contributed by atoms with Crippen LogP contribution in [-0.2, 0) is 19.7 Å². The molecule has 0 saturated carbocycles. The Bertz CT molecular complexity index is 1210. The molecule has 0 aromatic heterocycles. The maximum Gasteiger partial charge on any atom is 0.339 e. The van der Waals surface area contributed by atoms with Crippen LogP contribution in [0, 0.1) is 0 Å². The summed E-state index contributed by atoms with van der Waals surface area (Å²) in [4.78, 5) is 26.4. The molecule has 0 spiro atoms. The molecule has 0 unspecified atom stereocenters. The molecular weight excluding hydrogens is 452 g/mol. The van der Waals surface area contributed by atoms with E-state index in [2.05, 4.69) is 11.9 Å². The highest BCUT2D eigenvalue weighted by molar-refractivity contribution is 7.87. The summed E-state index contributed by atoms with van der Waals surface area (Å²) in [5.41, 5.74) is -0.0728. The Morgan fingerprint density at radius 2 is 1.84 bits per heavy atom. The first-order valence-electron chi connectivity index (χ1n) is 9.53. The molecule has 3 rings (SSSR count). The van der Waals surface area contributed by atoms with Crippen LogP contribution in [0.1, 0.15) is 12.5 Å². The highest BCUT2D eigenvalue weighted by atomic mass is 32.2. The van der Waals surface area contributed by atoms with E-state index in [9.17, 15) is 18.0 Å². The van der Waals surface area contributed by atoms with Crippen LogP contribution in [0.3, 0.4) is 0 Å². The lowest BCUT2D eigenvalue weighted by atomic mass is 10.1. The maximum atomic E-state index is 12.8. The predicted molar refractivity (Wildman–Crippen MR) is 122 cm³/mol. The fraction of sp³-hybridized carbons (Fsp3) is 0.136. The van der Waals surface area contributed by atoms with E-state index in [1.54, 1.807) is 31.2 Å². The summed E-state index contributed by atoms with van der Waals surface area (Å²) in [6, 6.07) is 12.2. The van der Waals surface area contributed by atoms with Gasteiger partial charge in [0.25, 0.3) is 11.8 Å². The number of carbonyl (C=O) groups is 2. The van der Waals surface area contributed by atoms with Crippen molar-refractivity contribution >= 4 is 45.3 Å². The topological polar surface area (TPSA) is 102 Å². The number of nitrogens with zero attached hydrogens (tertiary/aromatic N) is 1. The molecule has 0 atom stereocenters. The van der Waals surface area contributed by atoms with Crippen molar-refractivity contribution in [1.29, 1.82) is 0 Å². The first-order chi connectivity index (χ1) is 15.3. The number of carbonyl (C=O) groups excluding carboxylic acids is 2. The van der Waals surface area contributed by atoms with Crippen molar-refractivity contribution in [2.45, 2.75) is 11.8 Å². The van der Waals surface area contributed by atoms with E-state index in [1.807, 2.05) is 0 Å². The quantitative estimate of drug-likeness (QED) is 0.207. The van der Waals surface area contributed by atoms with Gasteiger partial charge in [0.15, 0.2) is 16.6 Å². The van der Waals surface area contributed by atoms with E-state index in [0.29, 0.717) is 0 Å². The Morgan fingerprint density at radius 3 is 2.50 bits per heavy atom. The summed E-state index contributed by atoms with van der Waals surface area (Å²) in [6.07, 6.45) is 2.71. The third kappa shape index (κ3) is 4.87. The van der Waals surface area contributed by atoms with Gasteiger partial charge in [0.2, 0.25) is 0 Å². The molecule has 0 bridgehead atoms. The Labute approximate surface area is 191 Å². The Kier molecular flexibility index (Phi) is 7.06. The highest BCUT2D eigenvalue weighted by Crippen LogP contribution is 2.35. The molecule has 2 aromatic rings. The molecule has 1 fully saturated rings. The monoisotopic (exact) mass is 472 g/mol. The van der Waals surface area contributed by atoms with Crippen molar-refractivity contribution in [2.24, 2.45) is 0 Å². The van der Waals surface area contributed by atoms with Gasteiger partial charge in [0.1, 0.15) is 10.5 Å². The number of para-hydroxylation sites is 1. The van der Waals surface area contributed by atoms with Crippen molar-refractivity contribution in [3.8, 4) is 11.5 Å². The molecule has 8 nitrogen and oxygen atoms in total. The lowest BCUT2D eigenvalue weighted by Gasteiger charge is -2.27. The molecule has 32 heavy (non-hydrogen) atoms. The molecule has 1 saturated heterocycles. The van der Waals surface area contributed by atoms with Crippen LogP contribution in [0.25, 0.3) is 6.08 Å². The first kappa shape index (κ1) is 23.2. The summed E-state index contributed by atoms with van der Waals surface area (Å²) in [7, 11) is -4.21. The van der Waals surface area contributed by atoms with E-state index in [-0.39, 0.29) is 45.8 Å². The summed E-state index contributed by atoms with van der Waals surface area (Å²) < 4.78 is 36.6. The number of rotatable bonds is 8. The minimum absolute atomic E-state index is 0.0387. The van der Waals surface area contributed by atoms with Gasteiger partial charge in [-0.05, 0) is 43.4 Å². The Balaban J connectivity index is 2.10. The second kappa shape index (κ2) is 9.75. The van der Waals surface area contributed by atoms with E-state index in [1.165, 1.54) is 41.3 Å². The number of nitrogens with one attached hydrogen (secondary N) is 1. The SMILES string of the molecule is C=CCN1C(=O)/C(=C/c2cccc(OCC)c2OS(=O)(=O)c2ccccc2)C(=O)NC1=S. The molecule has 1 aliphatic rings. The molecule has 1 aliphatic heterocycles. The van der Waals surface area contributed by atoms with Gasteiger partial charge in [-0.15, -0.1) is 6.58 Å². The minimum Gasteiger partial charge on any atom is -0.490 e. The molecule has 166 valence electrons. The predicted octanol–water partition coefficient (Wildman–Crippen LogP) is 2.67. The average molecular weight is 473 g/mol. The zero-order chi connectivity index (χ0) is 23.3. The molecule has 0 radical (unpaired) electrons. The lowest BCUT2D eigenvalue weighted by Crippen LogP contribution is -2.53. The molecule has 1 heterocycles. The maximum absolute atomic E-state index is 12.8. The van der Waals surface area contributed by atoms with Gasteiger partial charge >= 0.3 is 10.1 Å². The van der Waals surface area contributed by atoms with Gasteiger partial charge in [-0.25, -0.2) is 0 Å². The highest BCUT2D eigenvalue weighted by Gasteiger charge is 2.33. The molecular formula is C22H20N2O6S2. The van der Waals surface area contributed by atoms with Crippen LogP contribution in [0.2, 0.25) is 0 Å². The number of benzene rings is 2. The van der Waals surface area contributed by atoms with E-state index >= 15 is 0 Å². The summed E-state index contributed by atoms with van der Waals surface area (Å²) in [5.74, 6) is -1.35. The zero-order valence-corrected chi connectivity index (χ0v) is 18.7. The van der Waals surface area contributed by atoms with Crippen LogP contribution in [0.5, 0.6) is 11.5 Å². The number of amides is 2. The molecule has 2 amide bonds. The number of ether oxygens (including phenoxy) is 1. The Morgan fingerprint density at radius 1 is 1.12 bits per heavy atom. The van der Waals surface area contributed by atoms with Crippen molar-refractivity contribution in [3.05, 3.63) is 72.3 Å². The fourth-order valence-electron chi connectivity index (χ4n) is 2.89. The minimum atomic E-state index is -4.21. The van der Waals surface area contributed by atoms with E-state index in [0.717, 1.165) is 0 Å². The standard InChI is InChI=1S/C22H20N2O6S2/c1-3-13-24-21(26)17(20(25)23-22(24)31)14-15-9-8-12-18(29-4-2)19(15)30-32(27,28)16-10-6-5-7-11-16/h3,5-12,14H,1,4,13H2,2H3,(H,23,25,31)/b17-14+. The van der Waals surface area contributed by atoms with Gasteiger partial charge in [-0.1, -0.05) is 36.4 Å². The van der Waals surface area contributed by atoms with Crippen LogP contribution in [0.15, 0.2) is 71.7 Å². The van der Waals surface area contributed by atoms with Gasteiger partial charge in [-0.3, -0.25) is 19.8 Å². The summed E-state index contributed by atoms with van der Waals surface area (Å²) >= 11 is 5.05.